The average molecular weight is 404 g/mol. The number of aryl methyl sites for hydroxylation is 2. The Labute approximate surface area is 147 Å². The number of halogens is 1. The lowest BCUT2D eigenvalue weighted by Gasteiger charge is -1.99. The molecule has 0 atom stereocenters. The lowest BCUT2D eigenvalue weighted by molar-refractivity contribution is -0.685. The van der Waals surface area contributed by atoms with Crippen LogP contribution in [0.25, 0.3) is 11.2 Å². The molecule has 0 radical (unpaired) electrons. The maximum atomic E-state index is 12.2. The molecular formula is C14H22BrN5O4. The van der Waals surface area contributed by atoms with Gasteiger partial charge in [0.25, 0.3) is 10.7 Å². The number of carbonyl (C=O) groups is 1. The van der Waals surface area contributed by atoms with Crippen LogP contribution in [-0.4, -0.2) is 31.8 Å². The number of nitrogens with two attached hydrogens (primary N) is 1. The molecule has 0 fully saturated rings. The molecule has 9 nitrogen and oxygen atoms in total. The fraction of sp³-hybridized carbons (Fsp3) is 0.571. The second-order valence-electron chi connectivity index (χ2n) is 5.14. The van der Waals surface area contributed by atoms with Gasteiger partial charge in [-0.15, -0.1) is 0 Å². The number of rotatable bonds is 5. The molecule has 2 rings (SSSR count). The van der Waals surface area contributed by atoms with Crippen molar-refractivity contribution in [1.29, 1.82) is 0 Å². The zero-order chi connectivity index (χ0) is 18.4. The number of anilines is 1. The van der Waals surface area contributed by atoms with Gasteiger partial charge in [0.2, 0.25) is 5.52 Å². The molecule has 0 aliphatic rings. The molecule has 0 bridgehead atoms. The molecule has 0 aliphatic heterocycles. The third-order valence-corrected chi connectivity index (χ3v) is 4.41. The molecule has 0 aliphatic carbocycles. The predicted octanol–water partition coefficient (Wildman–Crippen LogP) is -1.18. The Hall–Kier alpha value is -1.94. The third kappa shape index (κ3) is 4.32. The molecule has 0 unspecified atom stereocenters. The van der Waals surface area contributed by atoms with Gasteiger partial charge in [0.05, 0.1) is 13.6 Å². The summed E-state index contributed by atoms with van der Waals surface area (Å²) in [5.74, 6) is -0.809. The largest absolute Gasteiger partial charge is 0.550 e. The minimum absolute atomic E-state index is 0.111. The van der Waals surface area contributed by atoms with E-state index in [1.54, 1.807) is 18.7 Å². The number of aromatic nitrogens is 4. The van der Waals surface area contributed by atoms with E-state index in [1.165, 1.54) is 11.5 Å². The molecular weight excluding hydrogens is 382 g/mol. The summed E-state index contributed by atoms with van der Waals surface area (Å²) in [5, 5.41) is 18.1. The first-order chi connectivity index (χ1) is 11.3. The number of nitrogen functional groups attached to an aromatic ring is 1. The summed E-state index contributed by atoms with van der Waals surface area (Å²) in [5.41, 5.74) is 6.64. The van der Waals surface area contributed by atoms with Crippen molar-refractivity contribution in [3.63, 3.8) is 0 Å². The van der Waals surface area contributed by atoms with Gasteiger partial charge in [0.1, 0.15) is 0 Å². The number of unbranched alkanes of at least 4 members (excludes halogenated alkanes) is 1. The molecule has 2 aromatic heterocycles. The Morgan fingerprint density at radius 2 is 1.96 bits per heavy atom. The summed E-state index contributed by atoms with van der Waals surface area (Å²) in [6, 6.07) is 0. The molecule has 3 N–H and O–H groups in total. The highest BCUT2D eigenvalue weighted by molar-refractivity contribution is 9.10. The van der Waals surface area contributed by atoms with Gasteiger partial charge < -0.3 is 20.7 Å². The zero-order valence-electron chi connectivity index (χ0n) is 14.0. The van der Waals surface area contributed by atoms with Crippen molar-refractivity contribution in [1.82, 2.24) is 14.1 Å². The van der Waals surface area contributed by atoms with Gasteiger partial charge in [-0.25, -0.2) is 9.13 Å². The van der Waals surface area contributed by atoms with Crippen LogP contribution >= 0.6 is 15.9 Å². The van der Waals surface area contributed by atoms with Crippen LogP contribution in [0.15, 0.2) is 9.53 Å². The Morgan fingerprint density at radius 1 is 1.38 bits per heavy atom. The first-order valence-electron chi connectivity index (χ1n) is 7.47. The Bertz CT molecular complexity index is 784. The fourth-order valence-corrected chi connectivity index (χ4v) is 2.54. The summed E-state index contributed by atoms with van der Waals surface area (Å²) in [6.45, 7) is 2.35. The van der Waals surface area contributed by atoms with E-state index in [2.05, 4.69) is 20.9 Å². The topological polar surface area (TPSA) is 130 Å². The molecule has 24 heavy (non-hydrogen) atoms. The van der Waals surface area contributed by atoms with Gasteiger partial charge in [-0.3, -0.25) is 9.36 Å². The van der Waals surface area contributed by atoms with Gasteiger partial charge in [-0.2, -0.15) is 0 Å². The lowest BCUT2D eigenvalue weighted by Crippen LogP contribution is -2.36. The molecule has 0 saturated carbocycles. The van der Waals surface area contributed by atoms with Crippen LogP contribution < -0.4 is 21.0 Å². The average Bonchev–Trinajstić information content (AvgIpc) is 2.78. The minimum Gasteiger partial charge on any atom is -0.550 e. The number of hydrogen-bond donors (Lipinski definition) is 2. The number of carbonyl (C=O) groups excluding carboxylic acids is 1. The smallest absolute Gasteiger partial charge is 0.312 e. The quantitative estimate of drug-likeness (QED) is 0.367. The SMILES string of the molecule is CCC(=O)[O-].Cn1c(N)nc2c(c1=O)n(C)c(Br)[n+]2CCCCO. The summed E-state index contributed by atoms with van der Waals surface area (Å²) in [6.07, 6.45) is 1.62. The molecule has 10 heteroatoms. The summed E-state index contributed by atoms with van der Waals surface area (Å²) < 4.78 is 5.73. The second kappa shape index (κ2) is 8.78. The van der Waals surface area contributed by atoms with Gasteiger partial charge >= 0.3 is 11.2 Å². The number of hydrogen-bond acceptors (Lipinski definition) is 6. The molecule has 0 aromatic carbocycles. The number of carboxylic acids is 1. The van der Waals surface area contributed by atoms with Crippen molar-refractivity contribution >= 4 is 39.0 Å². The van der Waals surface area contributed by atoms with Crippen LogP contribution in [0.4, 0.5) is 5.95 Å². The highest BCUT2D eigenvalue weighted by Crippen LogP contribution is 2.13. The van der Waals surface area contributed by atoms with Crippen molar-refractivity contribution < 1.29 is 19.6 Å². The van der Waals surface area contributed by atoms with E-state index in [0.29, 0.717) is 24.1 Å². The first-order valence-corrected chi connectivity index (χ1v) is 8.26. The van der Waals surface area contributed by atoms with E-state index in [-0.39, 0.29) is 24.5 Å². The Balaban J connectivity index is 0.000000505. The van der Waals surface area contributed by atoms with Crippen LogP contribution in [0.3, 0.4) is 0 Å². The maximum Gasteiger partial charge on any atom is 0.312 e. The Morgan fingerprint density at radius 3 is 2.46 bits per heavy atom. The molecule has 2 heterocycles. The zero-order valence-corrected chi connectivity index (χ0v) is 15.5. The number of fused-ring (bicyclic) bond motifs is 1. The summed E-state index contributed by atoms with van der Waals surface area (Å²) >= 11 is 3.46. The molecule has 0 amide bonds. The normalized spacial score (nSPS) is 10.5. The lowest BCUT2D eigenvalue weighted by atomic mass is 10.3. The second-order valence-corrected chi connectivity index (χ2v) is 5.85. The van der Waals surface area contributed by atoms with Crippen molar-refractivity contribution in [2.24, 2.45) is 14.1 Å². The summed E-state index contributed by atoms with van der Waals surface area (Å²) in [7, 11) is 3.40. The minimum atomic E-state index is -0.995. The van der Waals surface area contributed by atoms with E-state index in [9.17, 15) is 14.7 Å². The van der Waals surface area contributed by atoms with Crippen LogP contribution in [-0.2, 0) is 25.4 Å². The van der Waals surface area contributed by atoms with Crippen molar-refractivity contribution in [3.8, 4) is 0 Å². The molecule has 134 valence electrons. The highest BCUT2D eigenvalue weighted by atomic mass is 79.9. The van der Waals surface area contributed by atoms with Gasteiger partial charge in [-0.1, -0.05) is 11.9 Å². The van der Waals surface area contributed by atoms with E-state index in [4.69, 9.17) is 10.8 Å². The number of aliphatic carboxylic acids is 1. The van der Waals surface area contributed by atoms with Crippen molar-refractivity contribution in [2.45, 2.75) is 32.7 Å². The van der Waals surface area contributed by atoms with Gasteiger partial charge in [0, 0.05) is 35.6 Å². The highest BCUT2D eigenvalue weighted by Gasteiger charge is 2.25. The van der Waals surface area contributed by atoms with Crippen molar-refractivity contribution in [2.75, 3.05) is 12.3 Å². The third-order valence-electron chi connectivity index (χ3n) is 3.45. The van der Waals surface area contributed by atoms with Crippen LogP contribution in [0.5, 0.6) is 0 Å². The maximum absolute atomic E-state index is 12.2. The number of carboxylic acid groups (broad SMARTS) is 1. The van der Waals surface area contributed by atoms with Crippen LogP contribution in [0.1, 0.15) is 26.2 Å². The van der Waals surface area contributed by atoms with E-state index < -0.39 is 5.97 Å². The summed E-state index contributed by atoms with van der Waals surface area (Å²) in [4.78, 5) is 25.8. The number of nitrogens with zero attached hydrogens (tertiary/aromatic N) is 4. The van der Waals surface area contributed by atoms with Crippen LogP contribution in [0.2, 0.25) is 0 Å². The first kappa shape index (κ1) is 20.1. The molecule has 0 saturated heterocycles. The predicted molar refractivity (Wildman–Crippen MR) is 89.9 cm³/mol. The fourth-order valence-electron chi connectivity index (χ4n) is 2.02. The van der Waals surface area contributed by atoms with E-state index in [1.807, 2.05) is 4.57 Å². The van der Waals surface area contributed by atoms with E-state index >= 15 is 0 Å². The number of aliphatic hydroxyl groups is 1. The number of aliphatic hydroxyl groups excluding tert-OH is 1. The molecule has 2 aromatic rings. The number of imidazole rings is 1. The Kier molecular flexibility index (Phi) is 7.36. The standard InChI is InChI=1S/C11H16BrN5O2.C3H6O2/c1-15-7-8(14-11(13)16(2)9(7)19)17(10(15)12)5-3-4-6-18;1-2-3(4)5/h18H,3-6H2,1-2H3,(H-,13,14,19);2H2,1H3,(H,4,5). The van der Waals surface area contributed by atoms with Gasteiger partial charge in [0.15, 0.2) is 0 Å². The van der Waals surface area contributed by atoms with E-state index in [0.717, 1.165) is 11.2 Å². The monoisotopic (exact) mass is 403 g/mol. The van der Waals surface area contributed by atoms with Gasteiger partial charge in [-0.05, 0) is 19.3 Å². The molecule has 0 spiro atoms. The van der Waals surface area contributed by atoms with Crippen LogP contribution in [0, 0.1) is 0 Å². The van der Waals surface area contributed by atoms with Crippen molar-refractivity contribution in [3.05, 3.63) is 15.1 Å².